The zero-order valence-corrected chi connectivity index (χ0v) is 8.57. The summed E-state index contributed by atoms with van der Waals surface area (Å²) in [4.78, 5) is 4.60. The minimum absolute atomic E-state index is 0.769. The Morgan fingerprint density at radius 3 is 2.92 bits per heavy atom. The molecule has 0 aliphatic heterocycles. The highest BCUT2D eigenvalue weighted by Gasteiger charge is 2.26. The predicted molar refractivity (Wildman–Crippen MR) is 55.2 cm³/mol. The van der Waals surface area contributed by atoms with Gasteiger partial charge in [0.05, 0.1) is 16.9 Å². The highest BCUT2D eigenvalue weighted by molar-refractivity contribution is 7.10. The molecule has 0 atom stereocenters. The van der Waals surface area contributed by atoms with Crippen LogP contribution in [0.15, 0.2) is 17.0 Å². The average Bonchev–Trinajstić information content (AvgIpc) is 2.72. The molecule has 1 aliphatic rings. The number of nitrogens with zero attached hydrogens (tertiary/aromatic N) is 2. The van der Waals surface area contributed by atoms with Gasteiger partial charge < -0.3 is 0 Å². The van der Waals surface area contributed by atoms with Crippen molar-refractivity contribution in [1.29, 1.82) is 0 Å². The van der Waals surface area contributed by atoms with Crippen LogP contribution in [0.2, 0.25) is 0 Å². The van der Waals surface area contributed by atoms with Crippen molar-refractivity contribution in [2.24, 2.45) is 0 Å². The third kappa shape index (κ3) is 1.40. The van der Waals surface area contributed by atoms with Gasteiger partial charge in [-0.2, -0.15) is 0 Å². The zero-order chi connectivity index (χ0) is 8.67. The van der Waals surface area contributed by atoms with Crippen LogP contribution in [-0.4, -0.2) is 9.36 Å². The van der Waals surface area contributed by atoms with E-state index >= 15 is 0 Å². The van der Waals surface area contributed by atoms with Crippen molar-refractivity contribution < 1.29 is 0 Å². The van der Waals surface area contributed by atoms with Crippen LogP contribution in [0.1, 0.15) is 23.8 Å². The van der Waals surface area contributed by atoms with E-state index in [0.717, 1.165) is 17.2 Å². The molecule has 0 bridgehead atoms. The van der Waals surface area contributed by atoms with Crippen molar-refractivity contribution in [3.05, 3.63) is 22.0 Å². The van der Waals surface area contributed by atoms with E-state index in [0.29, 0.717) is 0 Å². The van der Waals surface area contributed by atoms with Crippen LogP contribution in [0.25, 0.3) is 11.3 Å². The largest absolute Gasteiger partial charge is 0.241 e. The van der Waals surface area contributed by atoms with Gasteiger partial charge in [-0.25, -0.2) is 9.36 Å². The van der Waals surface area contributed by atoms with Crippen LogP contribution >= 0.6 is 22.9 Å². The van der Waals surface area contributed by atoms with Gasteiger partial charge in [0.2, 0.25) is 0 Å². The van der Waals surface area contributed by atoms with E-state index in [1.165, 1.54) is 29.4 Å². The summed E-state index contributed by atoms with van der Waals surface area (Å²) in [5.74, 6) is 0.769. The standard InChI is InChI=1S/C9H8N2S2/c1-2-6(1)9-11-8(5-12-9)7-3-10-13-4-7/h3-6H,1-2H2. The Balaban J connectivity index is 1.97. The summed E-state index contributed by atoms with van der Waals surface area (Å²) in [5, 5.41) is 5.49. The summed E-state index contributed by atoms with van der Waals surface area (Å²) in [6.45, 7) is 0. The number of aromatic nitrogens is 2. The third-order valence-electron chi connectivity index (χ3n) is 2.18. The Morgan fingerprint density at radius 2 is 2.23 bits per heavy atom. The second kappa shape index (κ2) is 2.89. The monoisotopic (exact) mass is 208 g/mol. The molecule has 4 heteroatoms. The second-order valence-corrected chi connectivity index (χ2v) is 4.81. The first-order valence-electron chi connectivity index (χ1n) is 4.28. The van der Waals surface area contributed by atoms with Crippen LogP contribution in [0, 0.1) is 0 Å². The molecule has 66 valence electrons. The van der Waals surface area contributed by atoms with Crippen molar-refractivity contribution in [3.63, 3.8) is 0 Å². The topological polar surface area (TPSA) is 25.8 Å². The lowest BCUT2D eigenvalue weighted by Gasteiger charge is -1.87. The fourth-order valence-electron chi connectivity index (χ4n) is 1.27. The van der Waals surface area contributed by atoms with Crippen molar-refractivity contribution in [1.82, 2.24) is 9.36 Å². The van der Waals surface area contributed by atoms with E-state index in [1.807, 2.05) is 11.6 Å². The van der Waals surface area contributed by atoms with Crippen molar-refractivity contribution in [2.75, 3.05) is 0 Å². The molecular formula is C9H8N2S2. The number of hydrogen-bond acceptors (Lipinski definition) is 4. The van der Waals surface area contributed by atoms with E-state index in [4.69, 9.17) is 0 Å². The summed E-state index contributed by atoms with van der Waals surface area (Å²) < 4.78 is 4.07. The lowest BCUT2D eigenvalue weighted by atomic mass is 10.3. The van der Waals surface area contributed by atoms with E-state index in [-0.39, 0.29) is 0 Å². The van der Waals surface area contributed by atoms with Gasteiger partial charge in [-0.3, -0.25) is 0 Å². The first-order chi connectivity index (χ1) is 6.43. The molecule has 0 spiro atoms. The van der Waals surface area contributed by atoms with Gasteiger partial charge in [-0.1, -0.05) is 0 Å². The number of hydrogen-bond donors (Lipinski definition) is 0. The van der Waals surface area contributed by atoms with Crippen LogP contribution in [0.3, 0.4) is 0 Å². The molecule has 2 heterocycles. The van der Waals surface area contributed by atoms with E-state index in [1.54, 1.807) is 11.3 Å². The van der Waals surface area contributed by atoms with Crippen molar-refractivity contribution in [3.8, 4) is 11.3 Å². The minimum Gasteiger partial charge on any atom is -0.241 e. The summed E-state index contributed by atoms with van der Waals surface area (Å²) in [6.07, 6.45) is 4.54. The molecule has 1 saturated carbocycles. The predicted octanol–water partition coefficient (Wildman–Crippen LogP) is 3.14. The summed E-state index contributed by atoms with van der Waals surface area (Å²) in [5.41, 5.74) is 2.26. The van der Waals surface area contributed by atoms with E-state index < -0.39 is 0 Å². The van der Waals surface area contributed by atoms with Crippen LogP contribution in [0.5, 0.6) is 0 Å². The Morgan fingerprint density at radius 1 is 1.31 bits per heavy atom. The smallest absolute Gasteiger partial charge is 0.0963 e. The minimum atomic E-state index is 0.769. The summed E-state index contributed by atoms with van der Waals surface area (Å²) in [7, 11) is 0. The van der Waals surface area contributed by atoms with Gasteiger partial charge in [0.1, 0.15) is 0 Å². The summed E-state index contributed by atoms with van der Waals surface area (Å²) in [6, 6.07) is 0. The molecule has 0 N–H and O–H groups in total. The Hall–Kier alpha value is -0.740. The molecule has 1 aliphatic carbocycles. The maximum Gasteiger partial charge on any atom is 0.0963 e. The third-order valence-corrected chi connectivity index (χ3v) is 3.77. The van der Waals surface area contributed by atoms with Crippen LogP contribution in [0.4, 0.5) is 0 Å². The lowest BCUT2D eigenvalue weighted by molar-refractivity contribution is 1.09. The lowest BCUT2D eigenvalue weighted by Crippen LogP contribution is -1.77. The Bertz CT molecular complexity index is 401. The van der Waals surface area contributed by atoms with E-state index in [9.17, 15) is 0 Å². The maximum absolute atomic E-state index is 4.60. The first-order valence-corrected chi connectivity index (χ1v) is 6.00. The van der Waals surface area contributed by atoms with Crippen LogP contribution in [-0.2, 0) is 0 Å². The molecule has 13 heavy (non-hydrogen) atoms. The Kier molecular flexibility index (Phi) is 1.70. The van der Waals surface area contributed by atoms with E-state index in [2.05, 4.69) is 14.7 Å². The molecule has 2 aromatic rings. The van der Waals surface area contributed by atoms with Gasteiger partial charge in [0.25, 0.3) is 0 Å². The fraction of sp³-hybridized carbons (Fsp3) is 0.333. The molecule has 0 radical (unpaired) electrons. The van der Waals surface area contributed by atoms with Gasteiger partial charge in [-0.15, -0.1) is 11.3 Å². The molecule has 0 aromatic carbocycles. The molecule has 1 fully saturated rings. The highest BCUT2D eigenvalue weighted by Crippen LogP contribution is 2.42. The van der Waals surface area contributed by atoms with Gasteiger partial charge in [0, 0.05) is 22.2 Å². The molecule has 2 aromatic heterocycles. The van der Waals surface area contributed by atoms with Gasteiger partial charge in [0.15, 0.2) is 0 Å². The van der Waals surface area contributed by atoms with Crippen molar-refractivity contribution >= 4 is 22.9 Å². The van der Waals surface area contributed by atoms with Crippen LogP contribution < -0.4 is 0 Å². The van der Waals surface area contributed by atoms with Gasteiger partial charge >= 0.3 is 0 Å². The molecule has 0 unspecified atom stereocenters. The SMILES string of the molecule is c1nscc1-c1csc(C2CC2)n1. The molecule has 0 saturated heterocycles. The zero-order valence-electron chi connectivity index (χ0n) is 6.93. The number of thiazole rings is 1. The Labute approximate surface area is 84.4 Å². The summed E-state index contributed by atoms with van der Waals surface area (Å²) >= 11 is 3.27. The first kappa shape index (κ1) is 7.64. The van der Waals surface area contributed by atoms with Gasteiger partial charge in [-0.05, 0) is 24.4 Å². The molecule has 0 amide bonds. The molecule has 3 rings (SSSR count). The highest BCUT2D eigenvalue weighted by atomic mass is 32.1. The van der Waals surface area contributed by atoms with Crippen molar-refractivity contribution in [2.45, 2.75) is 18.8 Å². The molecule has 2 nitrogen and oxygen atoms in total. The fourth-order valence-corrected chi connectivity index (χ4v) is 2.80. The number of rotatable bonds is 2. The molecular weight excluding hydrogens is 200 g/mol. The maximum atomic E-state index is 4.60. The quantitative estimate of drug-likeness (QED) is 0.757. The average molecular weight is 208 g/mol. The normalized spacial score (nSPS) is 16.3. The second-order valence-electron chi connectivity index (χ2n) is 3.26.